The summed E-state index contributed by atoms with van der Waals surface area (Å²) >= 11 is 0. The number of hydrogen-bond acceptors (Lipinski definition) is 6. The third kappa shape index (κ3) is 5.07. The van der Waals surface area contributed by atoms with Crippen LogP contribution in [0.1, 0.15) is 21.7 Å². The number of aromatic carboxylic acids is 1. The van der Waals surface area contributed by atoms with E-state index in [0.29, 0.717) is 28.5 Å². The molecule has 35 heavy (non-hydrogen) atoms. The highest BCUT2D eigenvalue weighted by atomic mass is 16.4. The molecule has 0 spiro atoms. The number of aromatic nitrogens is 5. The Morgan fingerprint density at radius 2 is 1.20 bits per heavy atom. The summed E-state index contributed by atoms with van der Waals surface area (Å²) < 4.78 is 0. The number of carboxylic acid groups (broad SMARTS) is 1. The van der Waals surface area contributed by atoms with Crippen molar-refractivity contribution >= 4 is 5.97 Å². The van der Waals surface area contributed by atoms with Crippen LogP contribution in [0.25, 0.3) is 34.2 Å². The van der Waals surface area contributed by atoms with E-state index in [4.69, 9.17) is 4.98 Å². The quantitative estimate of drug-likeness (QED) is 0.390. The molecule has 0 fully saturated rings. The molecule has 0 aliphatic heterocycles. The van der Waals surface area contributed by atoms with E-state index in [0.717, 1.165) is 17.0 Å². The molecule has 5 rings (SSSR count). The molecule has 0 aliphatic rings. The van der Waals surface area contributed by atoms with Crippen LogP contribution in [0.4, 0.5) is 0 Å². The van der Waals surface area contributed by atoms with Crippen LogP contribution in [-0.4, -0.2) is 36.0 Å². The molecule has 0 aliphatic carbocycles. The van der Waals surface area contributed by atoms with Crippen molar-refractivity contribution in [2.45, 2.75) is 0 Å². The van der Waals surface area contributed by atoms with Gasteiger partial charge in [-0.15, -0.1) is 0 Å². The largest absolute Gasteiger partial charge is 0.477 e. The fourth-order valence-electron chi connectivity index (χ4n) is 3.37. The molecule has 0 unspecified atom stereocenters. The number of carboxylic acids is 1. The second-order valence-electron chi connectivity index (χ2n) is 7.43. The minimum Gasteiger partial charge on any atom is -0.477 e. The lowest BCUT2D eigenvalue weighted by molar-refractivity contribution is 0.0690. The minimum absolute atomic E-state index is 0.0401. The normalized spacial score (nSPS) is 10.3. The summed E-state index contributed by atoms with van der Waals surface area (Å²) in [6, 6.07) is 25.2. The maximum Gasteiger partial charge on any atom is 0.354 e. The highest BCUT2D eigenvalue weighted by Gasteiger charge is 2.09. The highest BCUT2D eigenvalue weighted by Crippen LogP contribution is 2.22. The first-order valence-electron chi connectivity index (χ1n) is 10.7. The van der Waals surface area contributed by atoms with E-state index >= 15 is 0 Å². The van der Waals surface area contributed by atoms with Gasteiger partial charge < -0.3 is 5.11 Å². The van der Waals surface area contributed by atoms with Crippen LogP contribution in [0.2, 0.25) is 0 Å². The molecule has 1 N–H and O–H groups in total. The van der Waals surface area contributed by atoms with E-state index in [2.05, 4.69) is 31.8 Å². The van der Waals surface area contributed by atoms with Crippen LogP contribution in [-0.2, 0) is 0 Å². The first kappa shape index (κ1) is 21.6. The van der Waals surface area contributed by atoms with Gasteiger partial charge in [0.1, 0.15) is 11.4 Å². The van der Waals surface area contributed by atoms with Crippen molar-refractivity contribution in [1.29, 1.82) is 0 Å². The second kappa shape index (κ2) is 9.73. The van der Waals surface area contributed by atoms with E-state index < -0.39 is 5.97 Å². The molecule has 5 aromatic heterocycles. The first-order valence-corrected chi connectivity index (χ1v) is 10.7. The molecule has 0 saturated carbocycles. The van der Waals surface area contributed by atoms with Crippen molar-refractivity contribution in [3.05, 3.63) is 114 Å². The number of pyridine rings is 5. The Hall–Kier alpha value is -5.22. The minimum atomic E-state index is -1.09. The van der Waals surface area contributed by atoms with E-state index in [1.165, 1.54) is 6.07 Å². The summed E-state index contributed by atoms with van der Waals surface area (Å²) in [6.45, 7) is 0. The summed E-state index contributed by atoms with van der Waals surface area (Å²) in [6.07, 6.45) is 3.44. The first-order chi connectivity index (χ1) is 17.2. The molecule has 0 radical (unpaired) electrons. The standard InChI is InChI=1S/C28H17N5O2/c34-28(35)25-12-6-11-24(32-25)23-10-5-7-20(31-23)14-13-19-17-26(21-8-1-3-15-29-21)33-27(18-19)22-9-2-4-16-30-22/h1-12,15-18H,(H,34,35). The fourth-order valence-corrected chi connectivity index (χ4v) is 3.37. The van der Waals surface area contributed by atoms with E-state index in [1.54, 1.807) is 36.7 Å². The van der Waals surface area contributed by atoms with Crippen molar-refractivity contribution in [2.75, 3.05) is 0 Å². The molecule has 166 valence electrons. The van der Waals surface area contributed by atoms with Crippen molar-refractivity contribution < 1.29 is 9.90 Å². The van der Waals surface area contributed by atoms with E-state index in [1.807, 2.05) is 54.6 Å². The molecule has 5 heterocycles. The van der Waals surface area contributed by atoms with Crippen molar-refractivity contribution in [1.82, 2.24) is 24.9 Å². The van der Waals surface area contributed by atoms with Gasteiger partial charge in [0, 0.05) is 18.0 Å². The maximum atomic E-state index is 11.3. The van der Waals surface area contributed by atoms with Gasteiger partial charge in [-0.05, 0) is 66.6 Å². The van der Waals surface area contributed by atoms with Gasteiger partial charge in [-0.1, -0.05) is 30.2 Å². The lowest BCUT2D eigenvalue weighted by Crippen LogP contribution is -2.01. The zero-order valence-corrected chi connectivity index (χ0v) is 18.3. The third-order valence-electron chi connectivity index (χ3n) is 4.99. The third-order valence-corrected chi connectivity index (χ3v) is 4.99. The van der Waals surface area contributed by atoms with Crippen LogP contribution in [0, 0.1) is 11.8 Å². The number of nitrogens with zero attached hydrogens (tertiary/aromatic N) is 5. The fraction of sp³-hybridized carbons (Fsp3) is 0. The zero-order chi connectivity index (χ0) is 24.0. The van der Waals surface area contributed by atoms with Gasteiger partial charge in [-0.3, -0.25) is 9.97 Å². The Bertz CT molecular complexity index is 1520. The molecular weight excluding hydrogens is 438 g/mol. The van der Waals surface area contributed by atoms with E-state index in [-0.39, 0.29) is 5.69 Å². The molecule has 0 bridgehead atoms. The van der Waals surface area contributed by atoms with Gasteiger partial charge >= 0.3 is 5.97 Å². The molecule has 0 amide bonds. The second-order valence-corrected chi connectivity index (χ2v) is 7.43. The van der Waals surface area contributed by atoms with Gasteiger partial charge in [0.15, 0.2) is 0 Å². The lowest BCUT2D eigenvalue weighted by atomic mass is 10.1. The van der Waals surface area contributed by atoms with E-state index in [9.17, 15) is 9.90 Å². The average Bonchev–Trinajstić information content (AvgIpc) is 2.93. The number of hydrogen-bond donors (Lipinski definition) is 1. The summed E-state index contributed by atoms with van der Waals surface area (Å²) in [5.41, 5.74) is 5.08. The Kier molecular flexibility index (Phi) is 6.01. The van der Waals surface area contributed by atoms with Crippen LogP contribution in [0.5, 0.6) is 0 Å². The predicted molar refractivity (Wildman–Crippen MR) is 131 cm³/mol. The van der Waals surface area contributed by atoms with Crippen LogP contribution < -0.4 is 0 Å². The van der Waals surface area contributed by atoms with Crippen LogP contribution >= 0.6 is 0 Å². The zero-order valence-electron chi connectivity index (χ0n) is 18.3. The molecule has 0 saturated heterocycles. The summed E-state index contributed by atoms with van der Waals surface area (Å²) in [5, 5.41) is 9.21. The summed E-state index contributed by atoms with van der Waals surface area (Å²) in [4.78, 5) is 33.5. The van der Waals surface area contributed by atoms with Gasteiger partial charge in [0.25, 0.3) is 0 Å². The predicted octanol–water partition coefficient (Wildman–Crippen LogP) is 4.76. The monoisotopic (exact) mass is 455 g/mol. The van der Waals surface area contributed by atoms with Gasteiger partial charge in [-0.2, -0.15) is 0 Å². The molecular formula is C28H17N5O2. The smallest absolute Gasteiger partial charge is 0.354 e. The summed E-state index contributed by atoms with van der Waals surface area (Å²) in [7, 11) is 0. The Balaban J connectivity index is 1.53. The topological polar surface area (TPSA) is 102 Å². The Labute approximate surface area is 201 Å². The Morgan fingerprint density at radius 1 is 0.600 bits per heavy atom. The number of carbonyl (C=O) groups is 1. The van der Waals surface area contributed by atoms with Crippen molar-refractivity contribution in [2.24, 2.45) is 0 Å². The molecule has 7 heteroatoms. The SMILES string of the molecule is O=C(O)c1cccc(-c2cccc(C#Cc3cc(-c4ccccn4)nc(-c4ccccn4)c3)n2)n1. The molecule has 0 atom stereocenters. The summed E-state index contributed by atoms with van der Waals surface area (Å²) in [5.74, 6) is 5.17. The Morgan fingerprint density at radius 3 is 1.80 bits per heavy atom. The maximum absolute atomic E-state index is 11.3. The van der Waals surface area contributed by atoms with Gasteiger partial charge in [-0.25, -0.2) is 19.7 Å². The molecule has 5 aromatic rings. The van der Waals surface area contributed by atoms with Crippen LogP contribution in [0.3, 0.4) is 0 Å². The van der Waals surface area contributed by atoms with Gasteiger partial charge in [0.2, 0.25) is 0 Å². The van der Waals surface area contributed by atoms with Gasteiger partial charge in [0.05, 0.1) is 34.2 Å². The van der Waals surface area contributed by atoms with Crippen molar-refractivity contribution in [3.63, 3.8) is 0 Å². The van der Waals surface area contributed by atoms with Crippen LogP contribution in [0.15, 0.2) is 97.3 Å². The van der Waals surface area contributed by atoms with Crippen molar-refractivity contribution in [3.8, 4) is 46.0 Å². The molecule has 0 aromatic carbocycles. The number of rotatable bonds is 4. The lowest BCUT2D eigenvalue weighted by Gasteiger charge is -2.06. The molecule has 7 nitrogen and oxygen atoms in total. The average molecular weight is 455 g/mol. The highest BCUT2D eigenvalue weighted by molar-refractivity contribution is 5.86.